The fraction of sp³-hybridized carbons (Fsp3) is 0.724. The van der Waals surface area contributed by atoms with Crippen molar-refractivity contribution in [1.82, 2.24) is 9.80 Å². The number of likely N-dealkylation sites (N-methyl/N-ethyl adjacent to an activating group) is 1. The fourth-order valence-electron chi connectivity index (χ4n) is 5.63. The van der Waals surface area contributed by atoms with Gasteiger partial charge in [-0.3, -0.25) is 9.59 Å². The molecule has 4 unspecified atom stereocenters. The highest BCUT2D eigenvalue weighted by Crippen LogP contribution is 2.42. The summed E-state index contributed by atoms with van der Waals surface area (Å²) >= 11 is 0. The van der Waals surface area contributed by atoms with Crippen molar-refractivity contribution < 1.29 is 28.9 Å². The number of unbranched alkanes of at least 4 members (excludes halogenated alkanes) is 2. The van der Waals surface area contributed by atoms with E-state index in [1.807, 2.05) is 30.1 Å². The lowest BCUT2D eigenvalue weighted by molar-refractivity contribution is -0.143. The summed E-state index contributed by atoms with van der Waals surface area (Å²) in [4.78, 5) is 26.6. The van der Waals surface area contributed by atoms with Gasteiger partial charge in [-0.25, -0.2) is 0 Å². The first-order valence-corrected chi connectivity index (χ1v) is 14.1. The zero-order valence-electron chi connectivity index (χ0n) is 22.9. The fourth-order valence-corrected chi connectivity index (χ4v) is 5.63. The van der Waals surface area contributed by atoms with Crippen molar-refractivity contribution >= 4 is 12.4 Å². The van der Waals surface area contributed by atoms with Gasteiger partial charge in [0.25, 0.3) is 0 Å². The SMILES string of the molecule is CCCCN(C=O)CCCC.CN1CC(c2ccc3c(c2)OCO3)C(C(=O)O)C1CCC1CCCCO1. The second-order valence-corrected chi connectivity index (χ2v) is 10.5. The Hall–Kier alpha value is -2.32. The molecule has 3 heterocycles. The number of fused-ring (bicyclic) bond motifs is 1. The molecule has 1 aromatic carbocycles. The number of hydrogen-bond acceptors (Lipinski definition) is 6. The average molecular weight is 519 g/mol. The van der Waals surface area contributed by atoms with Crippen molar-refractivity contribution in [1.29, 1.82) is 0 Å². The number of nitrogens with zero attached hydrogens (tertiary/aromatic N) is 2. The summed E-state index contributed by atoms with van der Waals surface area (Å²) in [7, 11) is 2.04. The van der Waals surface area contributed by atoms with Crippen LogP contribution >= 0.6 is 0 Å². The number of likely N-dealkylation sites (tertiary alicyclic amines) is 1. The number of carbonyl (C=O) groups is 2. The van der Waals surface area contributed by atoms with Crippen LogP contribution in [0.4, 0.5) is 0 Å². The van der Waals surface area contributed by atoms with Gasteiger partial charge < -0.3 is 29.1 Å². The van der Waals surface area contributed by atoms with Crippen LogP contribution in [0.15, 0.2) is 18.2 Å². The molecular formula is C29H46N2O6. The summed E-state index contributed by atoms with van der Waals surface area (Å²) in [5.74, 6) is 0.283. The summed E-state index contributed by atoms with van der Waals surface area (Å²) in [5, 5.41) is 9.95. The summed E-state index contributed by atoms with van der Waals surface area (Å²) in [6.07, 6.45) is 11.1. The lowest BCUT2D eigenvalue weighted by atomic mass is 9.83. The van der Waals surface area contributed by atoms with E-state index in [4.69, 9.17) is 14.2 Å². The second kappa shape index (κ2) is 15.2. The minimum atomic E-state index is -0.716. The van der Waals surface area contributed by atoms with Crippen LogP contribution < -0.4 is 9.47 Å². The van der Waals surface area contributed by atoms with E-state index in [2.05, 4.69) is 18.7 Å². The zero-order chi connectivity index (χ0) is 26.6. The first-order valence-electron chi connectivity index (χ1n) is 14.1. The molecule has 37 heavy (non-hydrogen) atoms. The Morgan fingerprint density at radius 1 is 1.11 bits per heavy atom. The molecule has 2 fully saturated rings. The number of hydrogen-bond donors (Lipinski definition) is 1. The molecule has 3 aliphatic rings. The summed E-state index contributed by atoms with van der Waals surface area (Å²) in [6, 6.07) is 5.85. The molecule has 0 aromatic heterocycles. The van der Waals surface area contributed by atoms with Gasteiger partial charge in [-0.05, 0) is 69.7 Å². The number of ether oxygens (including phenoxy) is 3. The lowest BCUT2D eigenvalue weighted by Crippen LogP contribution is -2.35. The Labute approximate surface area is 222 Å². The Kier molecular flexibility index (Phi) is 12.0. The maximum atomic E-state index is 12.1. The average Bonchev–Trinajstić information content (AvgIpc) is 3.52. The van der Waals surface area contributed by atoms with Gasteiger partial charge in [0.1, 0.15) is 0 Å². The molecule has 208 valence electrons. The highest BCUT2D eigenvalue weighted by molar-refractivity contribution is 5.73. The molecule has 8 heteroatoms. The van der Waals surface area contributed by atoms with Crippen molar-refractivity contribution in [2.45, 2.75) is 89.7 Å². The molecule has 1 aromatic rings. The normalized spacial score (nSPS) is 24.8. The molecule has 8 nitrogen and oxygen atoms in total. The lowest BCUT2D eigenvalue weighted by Gasteiger charge is -2.27. The molecule has 1 N–H and O–H groups in total. The third kappa shape index (κ3) is 8.34. The van der Waals surface area contributed by atoms with Crippen molar-refractivity contribution in [2.24, 2.45) is 5.92 Å². The quantitative estimate of drug-likeness (QED) is 0.393. The van der Waals surface area contributed by atoms with Crippen LogP contribution in [-0.4, -0.2) is 79.5 Å². The highest BCUT2D eigenvalue weighted by Gasteiger charge is 2.45. The van der Waals surface area contributed by atoms with Gasteiger partial charge >= 0.3 is 5.97 Å². The van der Waals surface area contributed by atoms with E-state index in [0.29, 0.717) is 5.75 Å². The molecular weight excluding hydrogens is 472 g/mol. The molecule has 0 radical (unpaired) electrons. The first kappa shape index (κ1) is 29.2. The van der Waals surface area contributed by atoms with Crippen LogP contribution in [-0.2, 0) is 14.3 Å². The van der Waals surface area contributed by atoms with Gasteiger partial charge in [0.05, 0.1) is 12.0 Å². The zero-order valence-corrected chi connectivity index (χ0v) is 22.9. The molecule has 4 rings (SSSR count). The van der Waals surface area contributed by atoms with Crippen molar-refractivity contribution in [3.8, 4) is 11.5 Å². The van der Waals surface area contributed by atoms with E-state index in [1.165, 1.54) is 6.42 Å². The van der Waals surface area contributed by atoms with E-state index in [0.717, 1.165) is 95.3 Å². The van der Waals surface area contributed by atoms with Crippen LogP contribution in [0.1, 0.15) is 83.1 Å². The molecule has 4 atom stereocenters. The van der Waals surface area contributed by atoms with Gasteiger partial charge in [-0.1, -0.05) is 32.8 Å². The van der Waals surface area contributed by atoms with Gasteiger partial charge in [-0.15, -0.1) is 0 Å². The van der Waals surface area contributed by atoms with E-state index in [9.17, 15) is 14.7 Å². The van der Waals surface area contributed by atoms with Crippen LogP contribution in [0.2, 0.25) is 0 Å². The Morgan fingerprint density at radius 2 is 1.84 bits per heavy atom. The molecule has 3 aliphatic heterocycles. The van der Waals surface area contributed by atoms with Gasteiger partial charge in [0.2, 0.25) is 13.2 Å². The number of amides is 1. The van der Waals surface area contributed by atoms with E-state index < -0.39 is 11.9 Å². The minimum absolute atomic E-state index is 0.0356. The van der Waals surface area contributed by atoms with Crippen LogP contribution in [0.3, 0.4) is 0 Å². The van der Waals surface area contributed by atoms with Crippen LogP contribution in [0.25, 0.3) is 0 Å². The van der Waals surface area contributed by atoms with Gasteiger partial charge in [0.15, 0.2) is 11.5 Å². The number of benzene rings is 1. The maximum Gasteiger partial charge on any atom is 0.308 e. The monoisotopic (exact) mass is 518 g/mol. The second-order valence-electron chi connectivity index (χ2n) is 10.5. The molecule has 0 bridgehead atoms. The van der Waals surface area contributed by atoms with Crippen molar-refractivity contribution in [3.05, 3.63) is 23.8 Å². The summed E-state index contributed by atoms with van der Waals surface area (Å²) < 4.78 is 16.7. The largest absolute Gasteiger partial charge is 0.481 e. The number of aliphatic carboxylic acids is 1. The number of rotatable bonds is 12. The van der Waals surface area contributed by atoms with Crippen molar-refractivity contribution in [2.75, 3.05) is 40.1 Å². The summed E-state index contributed by atoms with van der Waals surface area (Å²) in [5.41, 5.74) is 1.02. The third-order valence-electron chi connectivity index (χ3n) is 7.81. The third-order valence-corrected chi connectivity index (χ3v) is 7.81. The van der Waals surface area contributed by atoms with Crippen LogP contribution in [0, 0.1) is 5.92 Å². The van der Waals surface area contributed by atoms with E-state index >= 15 is 0 Å². The van der Waals surface area contributed by atoms with Crippen molar-refractivity contribution in [3.63, 3.8) is 0 Å². The van der Waals surface area contributed by atoms with Gasteiger partial charge in [-0.2, -0.15) is 0 Å². The molecule has 0 saturated carbocycles. The number of carboxylic acid groups (broad SMARTS) is 1. The Morgan fingerprint density at radius 3 is 2.46 bits per heavy atom. The predicted molar refractivity (Wildman–Crippen MR) is 143 cm³/mol. The summed E-state index contributed by atoms with van der Waals surface area (Å²) in [6.45, 7) is 7.96. The number of carboxylic acids is 1. The van der Waals surface area contributed by atoms with E-state index in [1.54, 1.807) is 0 Å². The molecule has 2 saturated heterocycles. The molecule has 1 amide bonds. The van der Waals surface area contributed by atoms with E-state index in [-0.39, 0.29) is 24.9 Å². The Balaban J connectivity index is 0.000000295. The molecule has 0 spiro atoms. The van der Waals surface area contributed by atoms with Crippen LogP contribution in [0.5, 0.6) is 11.5 Å². The Bertz CT molecular complexity index is 836. The first-order chi connectivity index (χ1) is 18.0. The molecule has 0 aliphatic carbocycles. The highest BCUT2D eigenvalue weighted by atomic mass is 16.7. The number of carbonyl (C=O) groups excluding carboxylic acids is 1. The predicted octanol–water partition coefficient (Wildman–Crippen LogP) is 4.91. The minimum Gasteiger partial charge on any atom is -0.481 e. The smallest absolute Gasteiger partial charge is 0.308 e. The topological polar surface area (TPSA) is 88.5 Å². The van der Waals surface area contributed by atoms with Gasteiger partial charge in [0, 0.05) is 38.2 Å². The maximum absolute atomic E-state index is 12.1. The standard InChI is InChI=1S/C20H27NO5.C9H19NO/c1-21-11-15(13-5-8-17-18(10-13)26-12-25-17)19(20(22)23)16(21)7-6-14-4-2-3-9-24-14;1-3-5-7-10(9-11)8-6-4-2/h5,8,10,14-16,19H,2-4,6-7,9,11-12H2,1H3,(H,22,23);9H,3-8H2,1-2H3.